The van der Waals surface area contributed by atoms with Gasteiger partial charge in [0.05, 0.1) is 42.5 Å². The Bertz CT molecular complexity index is 848. The lowest BCUT2D eigenvalue weighted by atomic mass is 9.91. The molecule has 228 valence electrons. The average Bonchev–Trinajstić information content (AvgIpc) is 2.90. The molecule has 0 aromatic heterocycles. The Morgan fingerprint density at radius 1 is 0.700 bits per heavy atom. The first-order chi connectivity index (χ1) is 19.0. The zero-order valence-corrected chi connectivity index (χ0v) is 24.5. The van der Waals surface area contributed by atoms with Crippen LogP contribution in [0.5, 0.6) is 0 Å². The molecule has 0 bridgehead atoms. The van der Waals surface area contributed by atoms with Crippen molar-refractivity contribution in [3.8, 4) is 0 Å². The van der Waals surface area contributed by atoms with Crippen molar-refractivity contribution in [2.45, 2.75) is 115 Å². The molecule has 0 aromatic carbocycles. The molecule has 8 heteroatoms. The van der Waals surface area contributed by atoms with Crippen molar-refractivity contribution in [2.24, 2.45) is 17.8 Å². The molecular formula is C32H52O8. The Hall–Kier alpha value is -2.07. The summed E-state index contributed by atoms with van der Waals surface area (Å²) in [5, 5.41) is 62.3. The molecule has 0 radical (unpaired) electrons. The van der Waals surface area contributed by atoms with Gasteiger partial charge in [0.15, 0.2) is 0 Å². The lowest BCUT2D eigenvalue weighted by molar-refractivity contribution is -0.159. The number of esters is 1. The van der Waals surface area contributed by atoms with E-state index in [-0.39, 0.29) is 31.3 Å². The predicted molar refractivity (Wildman–Crippen MR) is 157 cm³/mol. The van der Waals surface area contributed by atoms with Gasteiger partial charge in [-0.05, 0) is 45.4 Å². The highest BCUT2D eigenvalue weighted by molar-refractivity contribution is 5.72. The highest BCUT2D eigenvalue weighted by Gasteiger charge is 2.29. The Morgan fingerprint density at radius 3 is 1.77 bits per heavy atom. The van der Waals surface area contributed by atoms with Crippen LogP contribution in [0.2, 0.25) is 0 Å². The first kappa shape index (κ1) is 36.0. The molecule has 1 aliphatic rings. The topological polar surface area (TPSA) is 148 Å². The summed E-state index contributed by atoms with van der Waals surface area (Å²) in [6, 6.07) is 0. The second kappa shape index (κ2) is 19.9. The van der Waals surface area contributed by atoms with Crippen LogP contribution >= 0.6 is 0 Å². The molecule has 0 spiro atoms. The van der Waals surface area contributed by atoms with Crippen LogP contribution in [-0.2, 0) is 9.53 Å². The van der Waals surface area contributed by atoms with Crippen molar-refractivity contribution in [3.63, 3.8) is 0 Å². The Morgan fingerprint density at radius 2 is 1.20 bits per heavy atom. The molecule has 0 aliphatic carbocycles. The quantitative estimate of drug-likeness (QED) is 0.265. The number of rotatable bonds is 1. The number of aliphatic hydroxyl groups excluding tert-OH is 6. The molecule has 0 aromatic rings. The van der Waals surface area contributed by atoms with E-state index in [9.17, 15) is 35.4 Å². The summed E-state index contributed by atoms with van der Waals surface area (Å²) in [5.41, 5.74) is 0. The smallest absolute Gasteiger partial charge is 0.311 e. The third-order valence-corrected chi connectivity index (χ3v) is 7.50. The van der Waals surface area contributed by atoms with Gasteiger partial charge in [-0.25, -0.2) is 0 Å². The standard InChI is InChI=1S/C32H52O8/c1-5-31-22(2)15-12-10-8-6-7-9-11-13-18-28(36)23(3)29(37)21-27(35)19-25(33)16-14-17-26(34)20-30(38)24(4)32(39)40-31/h6-13,15,18,22-31,33-38H,5,14,16-17,19-21H2,1-4H3. The third kappa shape index (κ3) is 14.5. The van der Waals surface area contributed by atoms with Gasteiger partial charge in [0, 0.05) is 18.3 Å². The van der Waals surface area contributed by atoms with Gasteiger partial charge in [0.2, 0.25) is 0 Å². The molecule has 0 amide bonds. The van der Waals surface area contributed by atoms with Crippen molar-refractivity contribution in [3.05, 3.63) is 60.8 Å². The zero-order valence-electron chi connectivity index (χ0n) is 24.5. The number of hydrogen-bond acceptors (Lipinski definition) is 8. The maximum Gasteiger partial charge on any atom is 0.311 e. The monoisotopic (exact) mass is 564 g/mol. The van der Waals surface area contributed by atoms with E-state index in [0.29, 0.717) is 25.7 Å². The molecule has 1 heterocycles. The van der Waals surface area contributed by atoms with Crippen LogP contribution in [-0.4, -0.2) is 79.3 Å². The predicted octanol–water partition coefficient (Wildman–Crippen LogP) is 3.52. The molecule has 8 nitrogen and oxygen atoms in total. The van der Waals surface area contributed by atoms with Crippen molar-refractivity contribution >= 4 is 5.97 Å². The summed E-state index contributed by atoms with van der Waals surface area (Å²) in [6.45, 7) is 7.18. The van der Waals surface area contributed by atoms with E-state index >= 15 is 0 Å². The first-order valence-electron chi connectivity index (χ1n) is 14.6. The minimum atomic E-state index is -1.07. The summed E-state index contributed by atoms with van der Waals surface area (Å²) < 4.78 is 5.68. The molecule has 40 heavy (non-hydrogen) atoms. The zero-order chi connectivity index (χ0) is 30.1. The van der Waals surface area contributed by atoms with Crippen LogP contribution in [0.4, 0.5) is 0 Å². The van der Waals surface area contributed by atoms with Crippen LogP contribution in [0.15, 0.2) is 60.8 Å². The van der Waals surface area contributed by atoms with Crippen molar-refractivity contribution in [2.75, 3.05) is 0 Å². The second-order valence-electron chi connectivity index (χ2n) is 11.0. The highest BCUT2D eigenvalue weighted by Crippen LogP contribution is 2.21. The van der Waals surface area contributed by atoms with Crippen molar-refractivity contribution < 1.29 is 40.2 Å². The van der Waals surface area contributed by atoms with Crippen LogP contribution < -0.4 is 0 Å². The van der Waals surface area contributed by atoms with E-state index in [1.807, 2.05) is 56.4 Å². The second-order valence-corrected chi connectivity index (χ2v) is 11.0. The van der Waals surface area contributed by atoms with E-state index in [4.69, 9.17) is 4.74 Å². The molecular weight excluding hydrogens is 512 g/mol. The Kier molecular flexibility index (Phi) is 17.9. The maximum absolute atomic E-state index is 12.7. The van der Waals surface area contributed by atoms with Crippen molar-refractivity contribution in [1.29, 1.82) is 0 Å². The number of cyclic esters (lactones) is 1. The largest absolute Gasteiger partial charge is 0.461 e. The summed E-state index contributed by atoms with van der Waals surface area (Å²) in [6.07, 6.45) is 14.0. The SMILES string of the molecule is CCC1OC(=O)C(C)C(O)CC(O)CCCC(O)CC(O)CC(O)C(C)C(O)C=CC=CC=CC=CC=CC1C. The van der Waals surface area contributed by atoms with Gasteiger partial charge in [-0.1, -0.05) is 81.5 Å². The Labute approximate surface area is 240 Å². The van der Waals surface area contributed by atoms with Gasteiger partial charge in [-0.3, -0.25) is 4.79 Å². The molecule has 10 unspecified atom stereocenters. The maximum atomic E-state index is 12.7. The van der Waals surface area contributed by atoms with Crippen LogP contribution in [0.3, 0.4) is 0 Å². The number of allylic oxidation sites excluding steroid dienone is 8. The van der Waals surface area contributed by atoms with Gasteiger partial charge in [0.25, 0.3) is 0 Å². The van der Waals surface area contributed by atoms with E-state index in [2.05, 4.69) is 0 Å². The summed E-state index contributed by atoms with van der Waals surface area (Å²) in [5.74, 6) is -1.85. The minimum Gasteiger partial charge on any atom is -0.461 e. The lowest BCUT2D eigenvalue weighted by Gasteiger charge is -2.26. The summed E-state index contributed by atoms with van der Waals surface area (Å²) >= 11 is 0. The van der Waals surface area contributed by atoms with E-state index in [0.717, 1.165) is 0 Å². The minimum absolute atomic E-state index is 0.00951. The number of ether oxygens (including phenoxy) is 1. The van der Waals surface area contributed by atoms with Crippen molar-refractivity contribution in [1.82, 2.24) is 0 Å². The summed E-state index contributed by atoms with van der Waals surface area (Å²) in [4.78, 5) is 12.7. The highest BCUT2D eigenvalue weighted by atomic mass is 16.5. The molecule has 0 saturated heterocycles. The molecule has 1 aliphatic heterocycles. The van der Waals surface area contributed by atoms with Gasteiger partial charge < -0.3 is 35.4 Å². The fraction of sp³-hybridized carbons (Fsp3) is 0.656. The number of aliphatic hydroxyl groups is 6. The molecule has 0 saturated carbocycles. The fourth-order valence-corrected chi connectivity index (χ4v) is 4.52. The summed E-state index contributed by atoms with van der Waals surface area (Å²) in [7, 11) is 0. The van der Waals surface area contributed by atoms with Gasteiger partial charge in [0.1, 0.15) is 6.10 Å². The van der Waals surface area contributed by atoms with Gasteiger partial charge in [-0.15, -0.1) is 0 Å². The van der Waals surface area contributed by atoms with Crippen LogP contribution in [0.1, 0.15) is 72.6 Å². The van der Waals surface area contributed by atoms with Crippen LogP contribution in [0.25, 0.3) is 0 Å². The van der Waals surface area contributed by atoms with E-state index in [1.54, 1.807) is 32.1 Å². The van der Waals surface area contributed by atoms with Gasteiger partial charge >= 0.3 is 5.97 Å². The van der Waals surface area contributed by atoms with E-state index in [1.165, 1.54) is 0 Å². The Balaban J connectivity index is 2.94. The number of hydrogen-bond donors (Lipinski definition) is 6. The number of carbonyl (C=O) groups excluding carboxylic acids is 1. The average molecular weight is 565 g/mol. The molecule has 0 fully saturated rings. The number of carbonyl (C=O) groups is 1. The van der Waals surface area contributed by atoms with Crippen LogP contribution in [0, 0.1) is 17.8 Å². The molecule has 10 atom stereocenters. The molecule has 6 N–H and O–H groups in total. The van der Waals surface area contributed by atoms with E-state index < -0.39 is 54.4 Å². The lowest BCUT2D eigenvalue weighted by Crippen LogP contribution is -2.34. The first-order valence-corrected chi connectivity index (χ1v) is 14.6. The van der Waals surface area contributed by atoms with Gasteiger partial charge in [-0.2, -0.15) is 0 Å². The molecule has 1 rings (SSSR count). The third-order valence-electron chi connectivity index (χ3n) is 7.50. The normalized spacial score (nSPS) is 37.0. The fourth-order valence-electron chi connectivity index (χ4n) is 4.52.